The molecule has 0 amide bonds. The Labute approximate surface area is 119 Å². The van der Waals surface area contributed by atoms with Gasteiger partial charge in [0.1, 0.15) is 5.69 Å². The average Bonchev–Trinajstić information content (AvgIpc) is 2.90. The number of halogens is 3. The maximum Gasteiger partial charge on any atom is 0.433 e. The molecule has 2 aromatic heterocycles. The molecule has 0 fully saturated rings. The first-order valence-electron chi connectivity index (χ1n) is 6.03. The van der Waals surface area contributed by atoms with Crippen molar-refractivity contribution in [3.63, 3.8) is 0 Å². The fraction of sp³-hybridized carbons (Fsp3) is 0.385. The molecule has 0 saturated carbocycles. The molecule has 108 valence electrons. The Morgan fingerprint density at radius 3 is 2.70 bits per heavy atom. The summed E-state index contributed by atoms with van der Waals surface area (Å²) in [4.78, 5) is 10.3. The van der Waals surface area contributed by atoms with Crippen molar-refractivity contribution in [1.82, 2.24) is 9.97 Å². The molecule has 2 rings (SSSR count). The molecule has 0 N–H and O–H groups in total. The van der Waals surface area contributed by atoms with Crippen LogP contribution in [0, 0.1) is 0 Å². The maximum absolute atomic E-state index is 12.6. The van der Waals surface area contributed by atoms with E-state index >= 15 is 0 Å². The van der Waals surface area contributed by atoms with Gasteiger partial charge in [-0.3, -0.25) is 0 Å². The Morgan fingerprint density at radius 2 is 2.10 bits per heavy atom. The lowest BCUT2D eigenvalue weighted by Gasteiger charge is -2.24. The van der Waals surface area contributed by atoms with Gasteiger partial charge in [0.05, 0.1) is 0 Å². The van der Waals surface area contributed by atoms with Crippen molar-refractivity contribution in [3.05, 3.63) is 40.3 Å². The Bertz CT molecular complexity index is 554. The number of likely N-dealkylation sites (N-methyl/N-ethyl adjacent to an activating group) is 1. The van der Waals surface area contributed by atoms with Crippen LogP contribution in [0.3, 0.4) is 0 Å². The second kappa shape index (κ2) is 5.78. The van der Waals surface area contributed by atoms with E-state index in [0.29, 0.717) is 0 Å². The zero-order chi connectivity index (χ0) is 14.8. The molecule has 20 heavy (non-hydrogen) atoms. The van der Waals surface area contributed by atoms with Crippen LogP contribution in [0.5, 0.6) is 0 Å². The summed E-state index contributed by atoms with van der Waals surface area (Å²) < 4.78 is 37.9. The lowest BCUT2D eigenvalue weighted by molar-refractivity contribution is -0.141. The van der Waals surface area contributed by atoms with Crippen LogP contribution in [0.2, 0.25) is 0 Å². The zero-order valence-corrected chi connectivity index (χ0v) is 11.9. The van der Waals surface area contributed by atoms with E-state index in [-0.39, 0.29) is 12.0 Å². The van der Waals surface area contributed by atoms with E-state index in [0.717, 1.165) is 18.7 Å². The highest BCUT2D eigenvalue weighted by molar-refractivity contribution is 7.09. The minimum Gasteiger partial charge on any atom is -0.341 e. The second-order valence-electron chi connectivity index (χ2n) is 4.48. The zero-order valence-electron chi connectivity index (χ0n) is 11.1. The maximum atomic E-state index is 12.6. The average molecular weight is 301 g/mol. The van der Waals surface area contributed by atoms with E-state index in [9.17, 15) is 13.2 Å². The molecule has 0 aliphatic heterocycles. The first-order valence-corrected chi connectivity index (χ1v) is 6.91. The first-order chi connectivity index (χ1) is 9.38. The third-order valence-corrected chi connectivity index (χ3v) is 3.89. The molecule has 0 spiro atoms. The van der Waals surface area contributed by atoms with Crippen molar-refractivity contribution >= 4 is 17.3 Å². The van der Waals surface area contributed by atoms with Crippen LogP contribution in [0.25, 0.3) is 0 Å². The Kier molecular flexibility index (Phi) is 4.27. The van der Waals surface area contributed by atoms with E-state index in [2.05, 4.69) is 9.97 Å². The third kappa shape index (κ3) is 3.47. The minimum atomic E-state index is -4.45. The van der Waals surface area contributed by atoms with Crippen LogP contribution in [0.1, 0.15) is 17.5 Å². The summed E-state index contributed by atoms with van der Waals surface area (Å²) in [5.41, 5.74) is -0.919. The van der Waals surface area contributed by atoms with Crippen molar-refractivity contribution < 1.29 is 13.2 Å². The lowest BCUT2D eigenvalue weighted by Crippen LogP contribution is -2.32. The fourth-order valence-corrected chi connectivity index (χ4v) is 2.56. The highest BCUT2D eigenvalue weighted by Gasteiger charge is 2.33. The molecule has 1 atom stereocenters. The molecule has 2 heterocycles. The van der Waals surface area contributed by atoms with Crippen LogP contribution in [0.15, 0.2) is 29.8 Å². The van der Waals surface area contributed by atoms with Crippen LogP contribution in [0.4, 0.5) is 19.1 Å². The highest BCUT2D eigenvalue weighted by Crippen LogP contribution is 2.28. The molecule has 7 heteroatoms. The van der Waals surface area contributed by atoms with E-state index in [4.69, 9.17) is 0 Å². The summed E-state index contributed by atoms with van der Waals surface area (Å²) >= 11 is 1.62. The van der Waals surface area contributed by atoms with Gasteiger partial charge in [-0.2, -0.15) is 13.2 Å². The molecule has 1 unspecified atom stereocenters. The quantitative estimate of drug-likeness (QED) is 0.863. The topological polar surface area (TPSA) is 29.0 Å². The SMILES string of the molecule is CC(Cc1cccs1)N(C)c1nccc(C(F)(F)F)n1. The van der Waals surface area contributed by atoms with Gasteiger partial charge in [-0.05, 0) is 24.4 Å². The summed E-state index contributed by atoms with van der Waals surface area (Å²) in [6.45, 7) is 1.93. The molecular formula is C13H14F3N3S. The molecule has 0 radical (unpaired) electrons. The van der Waals surface area contributed by atoms with Gasteiger partial charge >= 0.3 is 6.18 Å². The van der Waals surface area contributed by atoms with Crippen LogP contribution in [-0.4, -0.2) is 23.1 Å². The minimum absolute atomic E-state index is 0.0112. The number of hydrogen-bond donors (Lipinski definition) is 0. The molecule has 0 saturated heterocycles. The number of rotatable bonds is 4. The van der Waals surface area contributed by atoms with Crippen molar-refractivity contribution in [2.24, 2.45) is 0 Å². The van der Waals surface area contributed by atoms with Gasteiger partial charge in [-0.15, -0.1) is 11.3 Å². The predicted molar refractivity (Wildman–Crippen MR) is 72.9 cm³/mol. The van der Waals surface area contributed by atoms with Crippen LogP contribution in [-0.2, 0) is 12.6 Å². The molecule has 0 aliphatic rings. The van der Waals surface area contributed by atoms with Gasteiger partial charge in [0.2, 0.25) is 5.95 Å². The summed E-state index contributed by atoms with van der Waals surface area (Å²) in [6, 6.07) is 4.84. The predicted octanol–water partition coefficient (Wildman–Crippen LogP) is 3.62. The summed E-state index contributed by atoms with van der Waals surface area (Å²) in [7, 11) is 1.70. The van der Waals surface area contributed by atoms with Gasteiger partial charge in [-0.1, -0.05) is 6.07 Å². The number of hydrogen-bond acceptors (Lipinski definition) is 4. The Balaban J connectivity index is 2.14. The van der Waals surface area contributed by atoms with Gasteiger partial charge in [0.15, 0.2) is 0 Å². The second-order valence-corrected chi connectivity index (χ2v) is 5.52. The summed E-state index contributed by atoms with van der Waals surface area (Å²) in [5.74, 6) is 0.0869. The third-order valence-electron chi connectivity index (χ3n) is 2.99. The van der Waals surface area contributed by atoms with E-state index in [1.54, 1.807) is 23.3 Å². The molecule has 0 aromatic carbocycles. The van der Waals surface area contributed by atoms with Gasteiger partial charge in [0.25, 0.3) is 0 Å². The largest absolute Gasteiger partial charge is 0.433 e. The van der Waals surface area contributed by atoms with Crippen molar-refractivity contribution in [1.29, 1.82) is 0 Å². The van der Waals surface area contributed by atoms with Crippen LogP contribution < -0.4 is 4.90 Å². The highest BCUT2D eigenvalue weighted by atomic mass is 32.1. The summed E-state index contributed by atoms with van der Waals surface area (Å²) in [5, 5.41) is 1.98. The smallest absolute Gasteiger partial charge is 0.341 e. The van der Waals surface area contributed by atoms with Crippen molar-refractivity contribution in [2.75, 3.05) is 11.9 Å². The van der Waals surface area contributed by atoms with E-state index in [1.807, 2.05) is 24.4 Å². The Morgan fingerprint density at radius 1 is 1.35 bits per heavy atom. The molecule has 2 aromatic rings. The molecule has 0 aliphatic carbocycles. The number of aromatic nitrogens is 2. The van der Waals surface area contributed by atoms with Gasteiger partial charge in [0, 0.05) is 30.6 Å². The molecular weight excluding hydrogens is 287 g/mol. The number of nitrogens with zero attached hydrogens (tertiary/aromatic N) is 3. The van der Waals surface area contributed by atoms with Gasteiger partial charge in [-0.25, -0.2) is 9.97 Å². The van der Waals surface area contributed by atoms with E-state index < -0.39 is 11.9 Å². The van der Waals surface area contributed by atoms with Crippen molar-refractivity contribution in [2.45, 2.75) is 25.6 Å². The summed E-state index contributed by atoms with van der Waals surface area (Å²) in [6.07, 6.45) is -2.57. The van der Waals surface area contributed by atoms with Gasteiger partial charge < -0.3 is 4.90 Å². The number of anilines is 1. The lowest BCUT2D eigenvalue weighted by atomic mass is 10.2. The molecule has 0 bridgehead atoms. The standard InChI is InChI=1S/C13H14F3N3S/c1-9(8-10-4-3-7-20-10)19(2)12-17-6-5-11(18-12)13(14,15)16/h3-7,9H,8H2,1-2H3. The normalized spacial score (nSPS) is 13.2. The number of alkyl halides is 3. The number of thiophene rings is 1. The van der Waals surface area contributed by atoms with Crippen LogP contribution >= 0.6 is 11.3 Å². The monoisotopic (exact) mass is 301 g/mol. The molecule has 3 nitrogen and oxygen atoms in total. The first kappa shape index (κ1) is 14.8. The van der Waals surface area contributed by atoms with E-state index in [1.165, 1.54) is 4.88 Å². The fourth-order valence-electron chi connectivity index (χ4n) is 1.73. The van der Waals surface area contributed by atoms with Crippen molar-refractivity contribution in [3.8, 4) is 0 Å². The Hall–Kier alpha value is -1.63.